The van der Waals surface area contributed by atoms with Crippen LogP contribution in [0.25, 0.3) is 0 Å². The molecule has 1 saturated carbocycles. The largest absolute Gasteiger partial charge is 0.398 e. The highest BCUT2D eigenvalue weighted by atomic mass is 19.1. The Bertz CT molecular complexity index is 490. The molecule has 0 aliphatic heterocycles. The fraction of sp³-hybridized carbons (Fsp3) is 0.500. The fourth-order valence-corrected chi connectivity index (χ4v) is 1.87. The van der Waals surface area contributed by atoms with Crippen LogP contribution in [-0.2, 0) is 4.74 Å². The molecule has 1 aromatic carbocycles. The number of carbonyl (C=O) groups excluding carboxylic acids is 1. The molecule has 0 spiro atoms. The summed E-state index contributed by atoms with van der Waals surface area (Å²) in [5.41, 5.74) is 11.1. The number of nitrogen functional groups attached to an aromatic ring is 1. The Balaban J connectivity index is 1.78. The number of nitrogens with two attached hydrogens (primary N) is 2. The number of halogens is 1. The molecule has 1 aliphatic rings. The van der Waals surface area contributed by atoms with Crippen molar-refractivity contribution in [1.82, 2.24) is 0 Å². The maximum Gasteiger partial charge on any atom is 0.250 e. The Kier molecular flexibility index (Phi) is 4.79. The molecule has 110 valence electrons. The average Bonchev–Trinajstić information content (AvgIpc) is 3.19. The van der Waals surface area contributed by atoms with Crippen molar-refractivity contribution < 1.29 is 13.9 Å². The molecule has 0 atom stereocenters. The highest BCUT2D eigenvalue weighted by Crippen LogP contribution is 2.28. The van der Waals surface area contributed by atoms with Gasteiger partial charge in [-0.05, 0) is 37.3 Å². The van der Waals surface area contributed by atoms with Gasteiger partial charge in [-0.15, -0.1) is 0 Å². The van der Waals surface area contributed by atoms with Gasteiger partial charge in [0.25, 0.3) is 5.91 Å². The molecule has 1 amide bonds. The first-order valence-electron chi connectivity index (χ1n) is 6.78. The Labute approximate surface area is 117 Å². The van der Waals surface area contributed by atoms with Gasteiger partial charge in [-0.25, -0.2) is 4.39 Å². The molecule has 6 heteroatoms. The Hall–Kier alpha value is -1.82. The third kappa shape index (κ3) is 4.09. The van der Waals surface area contributed by atoms with Crippen LogP contribution in [0.2, 0.25) is 0 Å². The van der Waals surface area contributed by atoms with Crippen molar-refractivity contribution in [2.75, 3.05) is 30.8 Å². The third-order valence-corrected chi connectivity index (χ3v) is 3.24. The minimum absolute atomic E-state index is 0.0494. The summed E-state index contributed by atoms with van der Waals surface area (Å²) < 4.78 is 19.1. The molecule has 0 bridgehead atoms. The van der Waals surface area contributed by atoms with E-state index in [1.54, 1.807) is 0 Å². The van der Waals surface area contributed by atoms with Crippen LogP contribution in [0.5, 0.6) is 0 Å². The number of amides is 1. The van der Waals surface area contributed by atoms with Gasteiger partial charge < -0.3 is 21.5 Å². The number of benzene rings is 1. The molecule has 0 saturated heterocycles. The lowest BCUT2D eigenvalue weighted by atomic mass is 10.1. The van der Waals surface area contributed by atoms with Crippen molar-refractivity contribution in [2.45, 2.75) is 19.3 Å². The fourth-order valence-electron chi connectivity index (χ4n) is 1.87. The highest BCUT2D eigenvalue weighted by Gasteiger charge is 2.20. The van der Waals surface area contributed by atoms with Crippen LogP contribution < -0.4 is 16.8 Å². The van der Waals surface area contributed by atoms with Crippen molar-refractivity contribution in [2.24, 2.45) is 11.7 Å². The van der Waals surface area contributed by atoms with Gasteiger partial charge in [-0.2, -0.15) is 0 Å². The normalized spacial score (nSPS) is 14.2. The summed E-state index contributed by atoms with van der Waals surface area (Å²) in [6.07, 6.45) is 3.30. The van der Waals surface area contributed by atoms with Gasteiger partial charge in [0, 0.05) is 25.4 Å². The second-order valence-electron chi connectivity index (χ2n) is 5.08. The summed E-state index contributed by atoms with van der Waals surface area (Å²) in [5.74, 6) is -0.416. The molecule has 5 nitrogen and oxygen atoms in total. The van der Waals surface area contributed by atoms with Gasteiger partial charge in [0.2, 0.25) is 0 Å². The molecule has 2 rings (SSSR count). The van der Waals surface area contributed by atoms with Crippen LogP contribution in [0.1, 0.15) is 29.6 Å². The second kappa shape index (κ2) is 6.56. The minimum Gasteiger partial charge on any atom is -0.398 e. The molecule has 5 N–H and O–H groups in total. The van der Waals surface area contributed by atoms with E-state index in [-0.39, 0.29) is 16.9 Å². The zero-order valence-corrected chi connectivity index (χ0v) is 11.3. The maximum atomic E-state index is 13.7. The van der Waals surface area contributed by atoms with Crippen LogP contribution in [0.15, 0.2) is 12.1 Å². The van der Waals surface area contributed by atoms with Crippen molar-refractivity contribution in [3.8, 4) is 0 Å². The van der Waals surface area contributed by atoms with E-state index in [4.69, 9.17) is 16.2 Å². The highest BCUT2D eigenvalue weighted by molar-refractivity contribution is 5.99. The average molecular weight is 281 g/mol. The molecule has 0 aromatic heterocycles. The summed E-state index contributed by atoms with van der Waals surface area (Å²) in [6, 6.07) is 2.45. The lowest BCUT2D eigenvalue weighted by Crippen LogP contribution is -2.15. The number of hydrogen-bond acceptors (Lipinski definition) is 4. The monoisotopic (exact) mass is 281 g/mol. The van der Waals surface area contributed by atoms with Gasteiger partial charge in [0.15, 0.2) is 0 Å². The first-order valence-corrected chi connectivity index (χ1v) is 6.78. The van der Waals surface area contributed by atoms with E-state index in [2.05, 4.69) is 5.32 Å². The molecule has 0 unspecified atom stereocenters. The molecular weight excluding hydrogens is 261 g/mol. The summed E-state index contributed by atoms with van der Waals surface area (Å²) in [4.78, 5) is 11.1. The van der Waals surface area contributed by atoms with Crippen LogP contribution in [-0.4, -0.2) is 25.7 Å². The number of hydrogen-bond donors (Lipinski definition) is 3. The maximum absolute atomic E-state index is 13.7. The molecule has 20 heavy (non-hydrogen) atoms. The topological polar surface area (TPSA) is 90.4 Å². The molecule has 1 aromatic rings. The lowest BCUT2D eigenvalue weighted by Gasteiger charge is -2.10. The smallest absolute Gasteiger partial charge is 0.250 e. The van der Waals surface area contributed by atoms with Crippen LogP contribution >= 0.6 is 0 Å². The quantitative estimate of drug-likeness (QED) is 0.500. The zero-order chi connectivity index (χ0) is 14.5. The second-order valence-corrected chi connectivity index (χ2v) is 5.08. The minimum atomic E-state index is -0.668. The van der Waals surface area contributed by atoms with E-state index >= 15 is 0 Å². The van der Waals surface area contributed by atoms with E-state index in [9.17, 15) is 9.18 Å². The number of carbonyl (C=O) groups is 1. The summed E-state index contributed by atoms with van der Waals surface area (Å²) in [5, 5.41) is 2.92. The molecule has 0 radical (unpaired) electrons. The predicted octanol–water partition coefficient (Wildman–Crippen LogP) is 1.74. The van der Waals surface area contributed by atoms with Gasteiger partial charge in [0.05, 0.1) is 11.3 Å². The van der Waals surface area contributed by atoms with E-state index < -0.39 is 11.7 Å². The van der Waals surface area contributed by atoms with Crippen molar-refractivity contribution in [3.63, 3.8) is 0 Å². The number of ether oxygens (including phenoxy) is 1. The van der Waals surface area contributed by atoms with Gasteiger partial charge in [-0.1, -0.05) is 0 Å². The summed E-state index contributed by atoms with van der Waals surface area (Å²) in [6.45, 7) is 2.02. The Morgan fingerprint density at radius 2 is 2.20 bits per heavy atom. The number of anilines is 2. The first kappa shape index (κ1) is 14.6. The molecule has 0 heterocycles. The van der Waals surface area contributed by atoms with Crippen molar-refractivity contribution in [1.29, 1.82) is 0 Å². The Morgan fingerprint density at radius 1 is 1.45 bits per heavy atom. The van der Waals surface area contributed by atoms with Gasteiger partial charge >= 0.3 is 0 Å². The summed E-state index contributed by atoms with van der Waals surface area (Å²) >= 11 is 0. The van der Waals surface area contributed by atoms with Gasteiger partial charge in [-0.3, -0.25) is 4.79 Å². The predicted molar refractivity (Wildman–Crippen MR) is 76.0 cm³/mol. The van der Waals surface area contributed by atoms with Crippen LogP contribution in [0.4, 0.5) is 15.8 Å². The van der Waals surface area contributed by atoms with Gasteiger partial charge in [0.1, 0.15) is 5.82 Å². The number of nitrogens with one attached hydrogen (secondary N) is 1. The third-order valence-electron chi connectivity index (χ3n) is 3.24. The standard InChI is InChI=1S/C14H20FN3O2/c15-11-7-12(16)10(14(17)19)6-13(11)18-4-1-5-20-8-9-2-3-9/h6-7,9,18H,1-5,8,16H2,(H2,17,19). The molecule has 1 aliphatic carbocycles. The molecular formula is C14H20FN3O2. The number of primary amides is 1. The van der Waals surface area contributed by atoms with E-state index in [0.717, 1.165) is 25.0 Å². The molecule has 1 fully saturated rings. The van der Waals surface area contributed by atoms with Crippen LogP contribution in [0, 0.1) is 11.7 Å². The summed E-state index contributed by atoms with van der Waals surface area (Å²) in [7, 11) is 0. The van der Waals surface area contributed by atoms with Crippen molar-refractivity contribution in [3.05, 3.63) is 23.5 Å². The SMILES string of the molecule is NC(=O)c1cc(NCCCOCC2CC2)c(F)cc1N. The zero-order valence-electron chi connectivity index (χ0n) is 11.3. The number of rotatable bonds is 8. The van der Waals surface area contributed by atoms with E-state index in [0.29, 0.717) is 13.2 Å². The lowest BCUT2D eigenvalue weighted by molar-refractivity contribution is 0.100. The van der Waals surface area contributed by atoms with Crippen molar-refractivity contribution >= 4 is 17.3 Å². The van der Waals surface area contributed by atoms with E-state index in [1.165, 1.54) is 18.9 Å². The first-order chi connectivity index (χ1) is 9.58. The van der Waals surface area contributed by atoms with Crippen LogP contribution in [0.3, 0.4) is 0 Å². The van der Waals surface area contributed by atoms with E-state index in [1.807, 2.05) is 0 Å². The Morgan fingerprint density at radius 3 is 2.85 bits per heavy atom.